The number of likely N-dealkylation sites (tertiary alicyclic amines) is 1. The van der Waals surface area contributed by atoms with Gasteiger partial charge in [0.05, 0.1) is 18.5 Å². The van der Waals surface area contributed by atoms with Gasteiger partial charge in [0.2, 0.25) is 5.91 Å². The standard InChI is InChI=1S/C22H29N3O5/c1-23-20(26)9-11-22(30-17-19-16-28-14-12-24-19)10-5-6-13-25(22)21(27)29-15-18-7-3-2-4-8-18/h2-4,7-8,12,14H,5-6,9-11,13,15-17H2,1H3,(H,23,26). The lowest BCUT2D eigenvalue weighted by Crippen LogP contribution is -2.57. The molecule has 1 aromatic rings. The maximum atomic E-state index is 13.0. The molecule has 1 fully saturated rings. The van der Waals surface area contributed by atoms with Crippen LogP contribution in [0.3, 0.4) is 0 Å². The fraction of sp³-hybridized carbons (Fsp3) is 0.500. The second kappa shape index (κ2) is 10.8. The maximum Gasteiger partial charge on any atom is 0.412 e. The van der Waals surface area contributed by atoms with E-state index in [1.807, 2.05) is 30.3 Å². The van der Waals surface area contributed by atoms with E-state index < -0.39 is 11.8 Å². The number of nitrogens with one attached hydrogen (secondary N) is 1. The Bertz CT molecular complexity index is 780. The first-order valence-electron chi connectivity index (χ1n) is 10.3. The molecule has 1 atom stereocenters. The Morgan fingerprint density at radius 3 is 2.80 bits per heavy atom. The number of amides is 2. The highest BCUT2D eigenvalue weighted by Gasteiger charge is 2.44. The zero-order valence-electron chi connectivity index (χ0n) is 17.3. The lowest BCUT2D eigenvalue weighted by atomic mass is 9.93. The third-order valence-electron chi connectivity index (χ3n) is 5.31. The fourth-order valence-electron chi connectivity index (χ4n) is 3.64. The van der Waals surface area contributed by atoms with E-state index in [0.29, 0.717) is 26.0 Å². The molecule has 1 unspecified atom stereocenters. The third-order valence-corrected chi connectivity index (χ3v) is 5.31. The number of nitrogens with zero attached hydrogens (tertiary/aromatic N) is 2. The predicted molar refractivity (Wildman–Crippen MR) is 112 cm³/mol. The highest BCUT2D eigenvalue weighted by Crippen LogP contribution is 2.34. The van der Waals surface area contributed by atoms with Gasteiger partial charge in [-0.15, -0.1) is 0 Å². The van der Waals surface area contributed by atoms with Crippen molar-refractivity contribution in [2.45, 2.75) is 44.4 Å². The molecule has 1 N–H and O–H groups in total. The number of carbonyl (C=O) groups is 2. The van der Waals surface area contributed by atoms with Crippen molar-refractivity contribution in [3.8, 4) is 0 Å². The smallest absolute Gasteiger partial charge is 0.412 e. The molecule has 30 heavy (non-hydrogen) atoms. The van der Waals surface area contributed by atoms with Gasteiger partial charge in [0.1, 0.15) is 25.2 Å². The number of carbonyl (C=O) groups excluding carboxylic acids is 2. The maximum absolute atomic E-state index is 13.0. The molecule has 0 saturated carbocycles. The summed E-state index contributed by atoms with van der Waals surface area (Å²) in [4.78, 5) is 30.9. The van der Waals surface area contributed by atoms with Gasteiger partial charge in [-0.05, 0) is 24.8 Å². The zero-order chi connectivity index (χ0) is 21.2. The first kappa shape index (κ1) is 21.8. The van der Waals surface area contributed by atoms with E-state index in [9.17, 15) is 9.59 Å². The van der Waals surface area contributed by atoms with Crippen molar-refractivity contribution >= 4 is 17.7 Å². The van der Waals surface area contributed by atoms with E-state index in [1.165, 1.54) is 6.26 Å². The monoisotopic (exact) mass is 415 g/mol. The van der Waals surface area contributed by atoms with Crippen LogP contribution in [0, 0.1) is 0 Å². The number of rotatable bonds is 8. The average molecular weight is 415 g/mol. The van der Waals surface area contributed by atoms with Crippen LogP contribution >= 0.6 is 0 Å². The molecule has 8 nitrogen and oxygen atoms in total. The third kappa shape index (κ3) is 5.82. The van der Waals surface area contributed by atoms with Crippen LogP contribution in [0.2, 0.25) is 0 Å². The Balaban J connectivity index is 1.73. The highest BCUT2D eigenvalue weighted by molar-refractivity contribution is 5.88. The normalized spacial score (nSPS) is 20.8. The van der Waals surface area contributed by atoms with E-state index in [0.717, 1.165) is 24.1 Å². The number of hydrogen-bond donors (Lipinski definition) is 1. The molecular formula is C22H29N3O5. The minimum absolute atomic E-state index is 0.0950. The lowest BCUT2D eigenvalue weighted by molar-refractivity contribution is -0.161. The van der Waals surface area contributed by atoms with Gasteiger partial charge in [0.25, 0.3) is 0 Å². The molecule has 1 saturated heterocycles. The number of ether oxygens (including phenoxy) is 3. The summed E-state index contributed by atoms with van der Waals surface area (Å²) in [6.07, 6.45) is 5.70. The van der Waals surface area contributed by atoms with E-state index in [2.05, 4.69) is 10.3 Å². The van der Waals surface area contributed by atoms with Gasteiger partial charge in [-0.3, -0.25) is 14.7 Å². The fourth-order valence-corrected chi connectivity index (χ4v) is 3.64. The van der Waals surface area contributed by atoms with Gasteiger partial charge >= 0.3 is 6.09 Å². The Hall–Kier alpha value is -2.87. The van der Waals surface area contributed by atoms with Gasteiger partial charge < -0.3 is 19.5 Å². The van der Waals surface area contributed by atoms with E-state index in [-0.39, 0.29) is 25.5 Å². The summed E-state index contributed by atoms with van der Waals surface area (Å²) >= 11 is 0. The molecule has 0 spiro atoms. The highest BCUT2D eigenvalue weighted by atomic mass is 16.6. The number of piperidine rings is 1. The summed E-state index contributed by atoms with van der Waals surface area (Å²) in [5.74, 6) is -0.0950. The molecule has 0 aliphatic carbocycles. The van der Waals surface area contributed by atoms with Crippen LogP contribution in [-0.4, -0.2) is 55.1 Å². The van der Waals surface area contributed by atoms with Crippen molar-refractivity contribution in [1.82, 2.24) is 10.2 Å². The van der Waals surface area contributed by atoms with E-state index in [4.69, 9.17) is 14.2 Å². The van der Waals surface area contributed by atoms with E-state index in [1.54, 1.807) is 18.1 Å². The minimum Gasteiger partial charge on any atom is -0.494 e. The van der Waals surface area contributed by atoms with Gasteiger partial charge in [0.15, 0.2) is 0 Å². The largest absolute Gasteiger partial charge is 0.494 e. The Kier molecular flexibility index (Phi) is 7.84. The second-order valence-electron chi connectivity index (χ2n) is 7.35. The van der Waals surface area contributed by atoms with Crippen molar-refractivity contribution in [2.24, 2.45) is 4.99 Å². The summed E-state index contributed by atoms with van der Waals surface area (Å²) in [5, 5.41) is 2.64. The first-order valence-corrected chi connectivity index (χ1v) is 10.3. The summed E-state index contributed by atoms with van der Waals surface area (Å²) in [7, 11) is 1.60. The van der Waals surface area contributed by atoms with Crippen molar-refractivity contribution < 1.29 is 23.8 Å². The molecule has 2 aliphatic heterocycles. The Morgan fingerprint density at radius 2 is 2.07 bits per heavy atom. The predicted octanol–water partition coefficient (Wildman–Crippen LogP) is 2.99. The molecule has 0 aromatic heterocycles. The molecule has 162 valence electrons. The summed E-state index contributed by atoms with van der Waals surface area (Å²) in [6, 6.07) is 9.55. The Labute approximate surface area is 176 Å². The van der Waals surface area contributed by atoms with E-state index >= 15 is 0 Å². The van der Waals surface area contributed by atoms with Gasteiger partial charge in [-0.25, -0.2) is 4.79 Å². The summed E-state index contributed by atoms with van der Waals surface area (Å²) in [5.41, 5.74) is 0.739. The van der Waals surface area contributed by atoms with Crippen LogP contribution in [0.15, 0.2) is 47.8 Å². The zero-order valence-corrected chi connectivity index (χ0v) is 17.3. The molecule has 2 amide bonds. The van der Waals surface area contributed by atoms with Crippen molar-refractivity contribution in [3.63, 3.8) is 0 Å². The molecule has 3 rings (SSSR count). The van der Waals surface area contributed by atoms with Gasteiger partial charge in [-0.2, -0.15) is 0 Å². The molecule has 2 heterocycles. The van der Waals surface area contributed by atoms with Crippen LogP contribution in [0.4, 0.5) is 4.79 Å². The van der Waals surface area contributed by atoms with Crippen LogP contribution in [-0.2, 0) is 25.6 Å². The average Bonchev–Trinajstić information content (AvgIpc) is 2.81. The molecular weight excluding hydrogens is 386 g/mol. The van der Waals surface area contributed by atoms with Gasteiger partial charge in [-0.1, -0.05) is 30.3 Å². The number of hydrogen-bond acceptors (Lipinski definition) is 6. The number of benzene rings is 1. The quantitative estimate of drug-likeness (QED) is 0.705. The Morgan fingerprint density at radius 1 is 1.23 bits per heavy atom. The van der Waals surface area contributed by atoms with Crippen molar-refractivity contribution in [3.05, 3.63) is 48.4 Å². The topological polar surface area (TPSA) is 89.5 Å². The molecule has 1 aromatic carbocycles. The summed E-state index contributed by atoms with van der Waals surface area (Å²) < 4.78 is 17.2. The minimum atomic E-state index is -0.914. The van der Waals surface area contributed by atoms with Crippen LogP contribution < -0.4 is 5.32 Å². The first-order chi connectivity index (χ1) is 14.6. The van der Waals surface area contributed by atoms with Crippen LogP contribution in [0.25, 0.3) is 0 Å². The lowest BCUT2D eigenvalue weighted by Gasteiger charge is -2.46. The molecule has 2 aliphatic rings. The van der Waals surface area contributed by atoms with Crippen LogP contribution in [0.1, 0.15) is 37.7 Å². The summed E-state index contributed by atoms with van der Waals surface area (Å²) in [6.45, 7) is 1.28. The number of aliphatic imine (C=N–C) groups is 1. The second-order valence-corrected chi connectivity index (χ2v) is 7.35. The van der Waals surface area contributed by atoms with Crippen LogP contribution in [0.5, 0.6) is 0 Å². The van der Waals surface area contributed by atoms with Gasteiger partial charge in [0, 0.05) is 26.4 Å². The molecule has 8 heteroatoms. The SMILES string of the molecule is CNC(=O)CCC1(OCC2=NC=COC2)CCCCN1C(=O)OCc1ccccc1. The van der Waals surface area contributed by atoms with Crippen molar-refractivity contribution in [1.29, 1.82) is 0 Å². The molecule has 0 radical (unpaired) electrons. The van der Waals surface area contributed by atoms with Crippen molar-refractivity contribution in [2.75, 3.05) is 26.8 Å². The molecule has 0 bridgehead atoms.